The molecule has 162 valence electrons. The first-order chi connectivity index (χ1) is 14.9. The van der Waals surface area contributed by atoms with Crippen molar-refractivity contribution in [3.05, 3.63) is 60.4 Å². The Kier molecular flexibility index (Phi) is 6.55. The number of anilines is 2. The van der Waals surface area contributed by atoms with Crippen molar-refractivity contribution in [2.75, 3.05) is 31.4 Å². The standard InChI is InChI=1S/C20H20N4O6S/c1-28-14-6-9-16(17(12-14)29-2)19(25)23-13-4-7-15(8-5-13)31(26,27)24-18-20(30-3)22-11-10-21-18/h4-12H,1-3H3,(H,21,24)(H,23,25). The van der Waals surface area contributed by atoms with E-state index in [9.17, 15) is 13.2 Å². The quantitative estimate of drug-likeness (QED) is 0.542. The first-order valence-electron chi connectivity index (χ1n) is 8.89. The van der Waals surface area contributed by atoms with Crippen molar-refractivity contribution < 1.29 is 27.4 Å². The lowest BCUT2D eigenvalue weighted by Gasteiger charge is -2.12. The Labute approximate surface area is 179 Å². The van der Waals surface area contributed by atoms with E-state index in [-0.39, 0.29) is 16.6 Å². The molecule has 1 amide bonds. The van der Waals surface area contributed by atoms with Crippen LogP contribution in [0.5, 0.6) is 17.4 Å². The second kappa shape index (κ2) is 9.30. The zero-order chi connectivity index (χ0) is 22.4. The Morgan fingerprint density at radius 2 is 1.61 bits per heavy atom. The summed E-state index contributed by atoms with van der Waals surface area (Å²) in [5.41, 5.74) is 0.704. The zero-order valence-corrected chi connectivity index (χ0v) is 17.8. The van der Waals surface area contributed by atoms with E-state index in [0.29, 0.717) is 22.7 Å². The van der Waals surface area contributed by atoms with E-state index in [1.54, 1.807) is 18.2 Å². The number of sulfonamides is 1. The topological polar surface area (TPSA) is 129 Å². The molecule has 0 spiro atoms. The summed E-state index contributed by atoms with van der Waals surface area (Å²) >= 11 is 0. The van der Waals surface area contributed by atoms with Crippen LogP contribution in [0, 0.1) is 0 Å². The smallest absolute Gasteiger partial charge is 0.263 e. The van der Waals surface area contributed by atoms with Gasteiger partial charge in [-0.1, -0.05) is 0 Å². The van der Waals surface area contributed by atoms with Gasteiger partial charge in [-0.3, -0.25) is 9.52 Å². The minimum atomic E-state index is -3.94. The van der Waals surface area contributed by atoms with Gasteiger partial charge < -0.3 is 19.5 Å². The van der Waals surface area contributed by atoms with Crippen LogP contribution in [0.3, 0.4) is 0 Å². The molecular formula is C20H20N4O6S. The molecule has 0 fully saturated rings. The second-order valence-corrected chi connectivity index (χ2v) is 7.75. The van der Waals surface area contributed by atoms with Crippen LogP contribution in [0.2, 0.25) is 0 Å². The number of ether oxygens (including phenoxy) is 3. The molecule has 11 heteroatoms. The van der Waals surface area contributed by atoms with Crippen LogP contribution in [0.1, 0.15) is 10.4 Å². The van der Waals surface area contributed by atoms with Crippen LogP contribution in [0.4, 0.5) is 11.5 Å². The molecule has 31 heavy (non-hydrogen) atoms. The molecule has 0 unspecified atom stereocenters. The summed E-state index contributed by atoms with van der Waals surface area (Å²) in [6, 6.07) is 10.4. The Bertz CT molecular complexity index is 1180. The van der Waals surface area contributed by atoms with Gasteiger partial charge in [0.25, 0.3) is 21.8 Å². The summed E-state index contributed by atoms with van der Waals surface area (Å²) in [5, 5.41) is 2.70. The minimum absolute atomic E-state index is 0.0276. The van der Waals surface area contributed by atoms with Gasteiger partial charge in [-0.15, -0.1) is 0 Å². The third kappa shape index (κ3) is 5.01. The first-order valence-corrected chi connectivity index (χ1v) is 10.4. The van der Waals surface area contributed by atoms with Crippen molar-refractivity contribution >= 4 is 27.4 Å². The molecule has 0 aliphatic rings. The van der Waals surface area contributed by atoms with Gasteiger partial charge in [0.1, 0.15) is 11.5 Å². The fourth-order valence-corrected chi connectivity index (χ4v) is 3.64. The third-order valence-corrected chi connectivity index (χ3v) is 5.52. The van der Waals surface area contributed by atoms with E-state index < -0.39 is 15.9 Å². The maximum absolute atomic E-state index is 12.6. The predicted molar refractivity (Wildman–Crippen MR) is 113 cm³/mol. The number of carbonyl (C=O) groups is 1. The highest BCUT2D eigenvalue weighted by Crippen LogP contribution is 2.26. The third-order valence-electron chi connectivity index (χ3n) is 4.16. The predicted octanol–water partition coefficient (Wildman–Crippen LogP) is 2.56. The van der Waals surface area contributed by atoms with Gasteiger partial charge in [-0.25, -0.2) is 18.4 Å². The molecule has 10 nitrogen and oxygen atoms in total. The van der Waals surface area contributed by atoms with Crippen molar-refractivity contribution in [3.63, 3.8) is 0 Å². The molecule has 0 aliphatic carbocycles. The van der Waals surface area contributed by atoms with Gasteiger partial charge >= 0.3 is 0 Å². The molecule has 0 saturated heterocycles. The van der Waals surface area contributed by atoms with Gasteiger partial charge in [0.2, 0.25) is 5.82 Å². The highest BCUT2D eigenvalue weighted by Gasteiger charge is 2.19. The molecule has 3 rings (SSSR count). The summed E-state index contributed by atoms with van der Waals surface area (Å²) < 4.78 is 42.9. The van der Waals surface area contributed by atoms with Crippen molar-refractivity contribution in [1.29, 1.82) is 0 Å². The number of hydrogen-bond acceptors (Lipinski definition) is 8. The molecule has 0 atom stereocenters. The SMILES string of the molecule is COc1ccc(C(=O)Nc2ccc(S(=O)(=O)Nc3nccnc3OC)cc2)c(OC)c1. The lowest BCUT2D eigenvalue weighted by Crippen LogP contribution is -2.16. The van der Waals surface area contributed by atoms with Gasteiger partial charge in [0, 0.05) is 24.1 Å². The minimum Gasteiger partial charge on any atom is -0.497 e. The zero-order valence-electron chi connectivity index (χ0n) is 16.9. The van der Waals surface area contributed by atoms with Crippen LogP contribution in [-0.2, 0) is 10.0 Å². The molecule has 2 aromatic carbocycles. The number of hydrogen-bond donors (Lipinski definition) is 2. The molecular weight excluding hydrogens is 424 g/mol. The molecule has 1 aromatic heterocycles. The van der Waals surface area contributed by atoms with Gasteiger partial charge in [0.05, 0.1) is 31.8 Å². The molecule has 3 aromatic rings. The van der Waals surface area contributed by atoms with Crippen molar-refractivity contribution in [3.8, 4) is 17.4 Å². The van der Waals surface area contributed by atoms with E-state index in [1.165, 1.54) is 58.0 Å². The van der Waals surface area contributed by atoms with Crippen LogP contribution in [-0.4, -0.2) is 45.6 Å². The van der Waals surface area contributed by atoms with Crippen molar-refractivity contribution in [2.45, 2.75) is 4.90 Å². The number of benzene rings is 2. The number of nitrogens with zero attached hydrogens (tertiary/aromatic N) is 2. The number of amides is 1. The van der Waals surface area contributed by atoms with E-state index in [0.717, 1.165) is 0 Å². The van der Waals surface area contributed by atoms with E-state index in [2.05, 4.69) is 20.0 Å². The first kappa shape index (κ1) is 21.8. The lowest BCUT2D eigenvalue weighted by atomic mass is 10.1. The Morgan fingerprint density at radius 1 is 0.903 bits per heavy atom. The van der Waals surface area contributed by atoms with E-state index >= 15 is 0 Å². The molecule has 0 bridgehead atoms. The monoisotopic (exact) mass is 444 g/mol. The van der Waals surface area contributed by atoms with E-state index in [4.69, 9.17) is 14.2 Å². The number of aromatic nitrogens is 2. The van der Waals surface area contributed by atoms with Crippen LogP contribution in [0.15, 0.2) is 59.8 Å². The van der Waals surface area contributed by atoms with Crippen molar-refractivity contribution in [1.82, 2.24) is 9.97 Å². The second-order valence-electron chi connectivity index (χ2n) is 6.06. The number of rotatable bonds is 8. The summed E-state index contributed by atoms with van der Waals surface area (Å²) in [7, 11) is 0.379. The Hall–Kier alpha value is -3.86. The van der Waals surface area contributed by atoms with Crippen LogP contribution in [0.25, 0.3) is 0 Å². The van der Waals surface area contributed by atoms with Crippen LogP contribution < -0.4 is 24.2 Å². The average molecular weight is 444 g/mol. The fraction of sp³-hybridized carbons (Fsp3) is 0.150. The maximum Gasteiger partial charge on any atom is 0.263 e. The molecule has 0 saturated carbocycles. The summed E-state index contributed by atoms with van der Waals surface area (Å²) in [6.45, 7) is 0. The highest BCUT2D eigenvalue weighted by atomic mass is 32.2. The fourth-order valence-electron chi connectivity index (χ4n) is 2.63. The largest absolute Gasteiger partial charge is 0.497 e. The molecule has 1 heterocycles. The van der Waals surface area contributed by atoms with Gasteiger partial charge in [0.15, 0.2) is 0 Å². The number of methoxy groups -OCH3 is 3. The highest BCUT2D eigenvalue weighted by molar-refractivity contribution is 7.92. The average Bonchev–Trinajstić information content (AvgIpc) is 2.79. The normalized spacial score (nSPS) is 10.8. The summed E-state index contributed by atoms with van der Waals surface area (Å²) in [4.78, 5) is 20.4. The van der Waals surface area contributed by atoms with Crippen LogP contribution >= 0.6 is 0 Å². The summed E-state index contributed by atoms with van der Waals surface area (Å²) in [6.07, 6.45) is 2.72. The van der Waals surface area contributed by atoms with E-state index in [1.807, 2.05) is 0 Å². The Morgan fingerprint density at radius 3 is 2.26 bits per heavy atom. The molecule has 0 radical (unpaired) electrons. The number of nitrogens with one attached hydrogen (secondary N) is 2. The number of carbonyl (C=O) groups excluding carboxylic acids is 1. The summed E-state index contributed by atoms with van der Waals surface area (Å²) in [5.74, 6) is 0.489. The molecule has 0 aliphatic heterocycles. The van der Waals surface area contributed by atoms with Gasteiger partial charge in [-0.2, -0.15) is 0 Å². The molecule has 2 N–H and O–H groups in total. The van der Waals surface area contributed by atoms with Gasteiger partial charge in [-0.05, 0) is 36.4 Å². The van der Waals surface area contributed by atoms with Crippen molar-refractivity contribution in [2.24, 2.45) is 0 Å². The lowest BCUT2D eigenvalue weighted by molar-refractivity contribution is 0.102. The Balaban J connectivity index is 1.76. The maximum atomic E-state index is 12.6.